The second kappa shape index (κ2) is 12.4. The van der Waals surface area contributed by atoms with Gasteiger partial charge in [-0.25, -0.2) is 4.39 Å². The molecule has 0 spiro atoms. The van der Waals surface area contributed by atoms with Crippen molar-refractivity contribution >= 4 is 28.0 Å². The van der Waals surface area contributed by atoms with Gasteiger partial charge in [0.05, 0.1) is 11.7 Å². The standard InChI is InChI=1S/C30H40FN5O2S/c1-21-16-33-17-28-30(21)25(20-36(28)27-5-4-26(31)15-29(27)39(38)13-3-9-32)14-24-6-10-34(19-24)18-23-7-11-35(12-8-23)22(2)37/h4-5,15-17,20,23-24H,3,6-14,18-19,32H2,1-2H3/t24-,39-/m1/s1. The number of hydrogen-bond acceptors (Lipinski definition) is 5. The van der Waals surface area contributed by atoms with Crippen LogP contribution in [0.5, 0.6) is 0 Å². The number of aromatic nitrogens is 2. The number of amides is 1. The zero-order chi connectivity index (χ0) is 27.5. The van der Waals surface area contributed by atoms with Crippen LogP contribution in [0.4, 0.5) is 4.39 Å². The largest absolute Gasteiger partial charge is 0.611 e. The van der Waals surface area contributed by atoms with E-state index >= 15 is 0 Å². The second-order valence-electron chi connectivity index (χ2n) is 11.2. The van der Waals surface area contributed by atoms with E-state index in [9.17, 15) is 13.7 Å². The van der Waals surface area contributed by atoms with Gasteiger partial charge in [0.1, 0.15) is 17.3 Å². The number of pyridine rings is 1. The molecule has 0 saturated carbocycles. The molecule has 2 N–H and O–H groups in total. The monoisotopic (exact) mass is 553 g/mol. The Balaban J connectivity index is 1.35. The van der Waals surface area contributed by atoms with E-state index in [1.165, 1.54) is 23.1 Å². The van der Waals surface area contributed by atoms with E-state index < -0.39 is 11.2 Å². The van der Waals surface area contributed by atoms with Crippen molar-refractivity contribution in [3.05, 3.63) is 53.7 Å². The molecule has 2 saturated heterocycles. The second-order valence-corrected chi connectivity index (χ2v) is 12.8. The topological polar surface area (TPSA) is 90.5 Å². The summed E-state index contributed by atoms with van der Waals surface area (Å²) in [6, 6.07) is 4.56. The summed E-state index contributed by atoms with van der Waals surface area (Å²) in [7, 11) is 0. The molecule has 3 aromatic rings. The summed E-state index contributed by atoms with van der Waals surface area (Å²) >= 11 is -1.35. The van der Waals surface area contributed by atoms with Crippen LogP contribution in [-0.4, -0.2) is 74.8 Å². The minimum absolute atomic E-state index is 0.189. The van der Waals surface area contributed by atoms with Crippen LogP contribution < -0.4 is 5.73 Å². The maximum Gasteiger partial charge on any atom is 0.219 e. The highest BCUT2D eigenvalue weighted by molar-refractivity contribution is 7.91. The average molecular weight is 554 g/mol. The van der Waals surface area contributed by atoms with Crippen LogP contribution in [0.2, 0.25) is 0 Å². The fourth-order valence-electron chi connectivity index (χ4n) is 6.34. The summed E-state index contributed by atoms with van der Waals surface area (Å²) in [4.78, 5) is 21.2. The van der Waals surface area contributed by atoms with E-state index in [1.54, 1.807) is 13.0 Å². The number of hydrogen-bond donors (Lipinski definition) is 1. The fourth-order valence-corrected chi connectivity index (χ4v) is 7.63. The Morgan fingerprint density at radius 2 is 1.95 bits per heavy atom. The number of rotatable bonds is 9. The fraction of sp³-hybridized carbons (Fsp3) is 0.533. The van der Waals surface area contributed by atoms with E-state index in [4.69, 9.17) is 5.73 Å². The molecular weight excluding hydrogens is 513 g/mol. The van der Waals surface area contributed by atoms with Gasteiger partial charge in [-0.2, -0.15) is 0 Å². The van der Waals surface area contributed by atoms with Crippen molar-refractivity contribution in [3.63, 3.8) is 0 Å². The molecule has 2 fully saturated rings. The van der Waals surface area contributed by atoms with Crippen molar-refractivity contribution in [3.8, 4) is 5.69 Å². The molecule has 4 heterocycles. The van der Waals surface area contributed by atoms with Gasteiger partial charge in [-0.3, -0.25) is 9.78 Å². The van der Waals surface area contributed by atoms with Gasteiger partial charge in [0.25, 0.3) is 0 Å². The Labute approximate surface area is 233 Å². The van der Waals surface area contributed by atoms with Gasteiger partial charge in [0.15, 0.2) is 4.90 Å². The minimum atomic E-state index is -1.35. The summed E-state index contributed by atoms with van der Waals surface area (Å²) in [5, 5.41) is 1.18. The highest BCUT2D eigenvalue weighted by atomic mass is 32.2. The summed E-state index contributed by atoms with van der Waals surface area (Å²) in [5.41, 5.74) is 9.71. The molecular formula is C30H40FN5O2S. The van der Waals surface area contributed by atoms with Gasteiger partial charge in [0, 0.05) is 63.4 Å². The van der Waals surface area contributed by atoms with E-state index in [2.05, 4.69) is 27.6 Å². The third kappa shape index (κ3) is 6.32. The molecule has 0 aliphatic carbocycles. The van der Waals surface area contributed by atoms with Crippen LogP contribution in [-0.2, 0) is 22.4 Å². The van der Waals surface area contributed by atoms with Gasteiger partial charge in [-0.15, -0.1) is 0 Å². The number of nitrogens with zero attached hydrogens (tertiary/aromatic N) is 4. The van der Waals surface area contributed by atoms with Crippen molar-refractivity contribution in [2.24, 2.45) is 17.6 Å². The summed E-state index contributed by atoms with van der Waals surface area (Å²) < 4.78 is 29.4. The average Bonchev–Trinajstić information content (AvgIpc) is 3.52. The first-order valence-corrected chi connectivity index (χ1v) is 15.5. The molecule has 2 aromatic heterocycles. The molecule has 1 amide bonds. The SMILES string of the molecule is CC(=O)N1CCC(CN2CC[C@H](Cc3cn(-c4ccc(F)cc4[S@+]([O-])CCCN)c4cncc(C)c34)C2)CC1. The van der Waals surface area contributed by atoms with Crippen LogP contribution in [0.15, 0.2) is 41.7 Å². The zero-order valence-corrected chi connectivity index (χ0v) is 23.9. The first kappa shape index (κ1) is 28.1. The van der Waals surface area contributed by atoms with E-state index in [0.29, 0.717) is 35.4 Å². The number of fused-ring (bicyclic) bond motifs is 1. The Hall–Kier alpha value is -2.46. The molecule has 2 atom stereocenters. The van der Waals surface area contributed by atoms with Crippen LogP contribution >= 0.6 is 0 Å². The van der Waals surface area contributed by atoms with Crippen molar-refractivity contribution in [2.75, 3.05) is 45.0 Å². The Kier molecular flexibility index (Phi) is 8.91. The van der Waals surface area contributed by atoms with Gasteiger partial charge in [0.2, 0.25) is 5.91 Å². The number of likely N-dealkylation sites (tertiary alicyclic amines) is 2. The number of carbonyl (C=O) groups is 1. The van der Waals surface area contributed by atoms with Crippen molar-refractivity contribution in [1.29, 1.82) is 0 Å². The number of piperidine rings is 1. The molecule has 0 unspecified atom stereocenters. The maximum atomic E-state index is 14.3. The van der Waals surface area contributed by atoms with Gasteiger partial charge >= 0.3 is 0 Å². The third-order valence-corrected chi connectivity index (χ3v) is 9.87. The van der Waals surface area contributed by atoms with Gasteiger partial charge in [-0.05, 0) is 92.0 Å². The highest BCUT2D eigenvalue weighted by Crippen LogP contribution is 2.34. The third-order valence-electron chi connectivity index (χ3n) is 8.40. The lowest BCUT2D eigenvalue weighted by molar-refractivity contribution is -0.130. The Bertz CT molecular complexity index is 1310. The highest BCUT2D eigenvalue weighted by Gasteiger charge is 2.29. The van der Waals surface area contributed by atoms with Crippen LogP contribution in [0.1, 0.15) is 43.7 Å². The van der Waals surface area contributed by atoms with Crippen LogP contribution in [0.3, 0.4) is 0 Å². The first-order chi connectivity index (χ1) is 18.8. The lowest BCUT2D eigenvalue weighted by Crippen LogP contribution is -2.40. The normalized spacial score (nSPS) is 19.7. The van der Waals surface area contributed by atoms with Gasteiger partial charge in [-0.1, -0.05) is 0 Å². The molecule has 9 heteroatoms. The van der Waals surface area contributed by atoms with E-state index in [0.717, 1.165) is 75.2 Å². The molecule has 2 aliphatic heterocycles. The van der Waals surface area contributed by atoms with E-state index in [1.807, 2.05) is 17.3 Å². The van der Waals surface area contributed by atoms with Gasteiger partial charge < -0.3 is 24.7 Å². The lowest BCUT2D eigenvalue weighted by atomic mass is 9.96. The van der Waals surface area contributed by atoms with Crippen molar-refractivity contribution in [2.45, 2.75) is 50.8 Å². The van der Waals surface area contributed by atoms with E-state index in [-0.39, 0.29) is 11.7 Å². The van der Waals surface area contributed by atoms with Crippen LogP contribution in [0, 0.1) is 24.6 Å². The van der Waals surface area contributed by atoms with Crippen molar-refractivity contribution < 1.29 is 13.7 Å². The molecule has 7 nitrogen and oxygen atoms in total. The molecule has 0 bridgehead atoms. The molecule has 5 rings (SSSR count). The number of aryl methyl sites for hydroxylation is 1. The summed E-state index contributed by atoms with van der Waals surface area (Å²) in [6.07, 6.45) is 10.8. The number of halogens is 1. The molecule has 1 aromatic carbocycles. The quantitative estimate of drug-likeness (QED) is 0.404. The minimum Gasteiger partial charge on any atom is -0.611 e. The summed E-state index contributed by atoms with van der Waals surface area (Å²) in [6.45, 7) is 9.26. The molecule has 39 heavy (non-hydrogen) atoms. The zero-order valence-electron chi connectivity index (χ0n) is 23.1. The smallest absolute Gasteiger partial charge is 0.219 e. The predicted octanol–water partition coefficient (Wildman–Crippen LogP) is 4.05. The number of nitrogens with two attached hydrogens (primary N) is 1. The first-order valence-electron chi connectivity index (χ1n) is 14.1. The summed E-state index contributed by atoms with van der Waals surface area (Å²) in [5.74, 6) is 1.42. The Morgan fingerprint density at radius 3 is 2.69 bits per heavy atom. The van der Waals surface area contributed by atoms with Crippen LogP contribution in [0.25, 0.3) is 16.6 Å². The number of benzene rings is 1. The number of carbonyl (C=O) groups excluding carboxylic acids is 1. The molecule has 2 aliphatic rings. The van der Waals surface area contributed by atoms with Crippen molar-refractivity contribution in [1.82, 2.24) is 19.4 Å². The maximum absolute atomic E-state index is 14.3. The predicted molar refractivity (Wildman–Crippen MR) is 154 cm³/mol. The Morgan fingerprint density at radius 1 is 1.18 bits per heavy atom. The molecule has 0 radical (unpaired) electrons. The lowest BCUT2D eigenvalue weighted by Gasteiger charge is -2.33. The molecule has 210 valence electrons.